The summed E-state index contributed by atoms with van der Waals surface area (Å²) in [4.78, 5) is 0. The lowest BCUT2D eigenvalue weighted by molar-refractivity contribution is -0.0167. The molecule has 2 heterocycles. The standard InChI is InChI=1S/C14H24N2O2/c1-3-12-9-13(16(4-2)15-12)10-14(11-17)5-7-18-8-6-14/h9,17H,3-8,10-11H2,1-2H3. The van der Waals surface area contributed by atoms with E-state index >= 15 is 0 Å². The minimum atomic E-state index is -0.00376. The number of aryl methyl sites for hydroxylation is 2. The number of aromatic nitrogens is 2. The van der Waals surface area contributed by atoms with Gasteiger partial charge in [0.05, 0.1) is 5.69 Å². The van der Waals surface area contributed by atoms with Crippen LogP contribution in [0.25, 0.3) is 0 Å². The molecule has 1 aromatic heterocycles. The van der Waals surface area contributed by atoms with Crippen molar-refractivity contribution in [2.24, 2.45) is 5.41 Å². The van der Waals surface area contributed by atoms with Crippen molar-refractivity contribution >= 4 is 0 Å². The molecule has 1 N–H and O–H groups in total. The Labute approximate surface area is 109 Å². The van der Waals surface area contributed by atoms with E-state index in [1.54, 1.807) is 0 Å². The van der Waals surface area contributed by atoms with Crippen molar-refractivity contribution < 1.29 is 9.84 Å². The van der Waals surface area contributed by atoms with Crippen LogP contribution in [-0.4, -0.2) is 34.7 Å². The molecule has 1 saturated heterocycles. The van der Waals surface area contributed by atoms with Gasteiger partial charge in [0.15, 0.2) is 0 Å². The van der Waals surface area contributed by atoms with Gasteiger partial charge in [-0.05, 0) is 38.7 Å². The van der Waals surface area contributed by atoms with E-state index < -0.39 is 0 Å². The lowest BCUT2D eigenvalue weighted by Crippen LogP contribution is -2.35. The molecule has 0 spiro atoms. The molecule has 0 aliphatic carbocycles. The molecule has 18 heavy (non-hydrogen) atoms. The molecule has 1 aliphatic rings. The summed E-state index contributed by atoms with van der Waals surface area (Å²) in [6.07, 6.45) is 3.77. The molecule has 0 saturated carbocycles. The lowest BCUT2D eigenvalue weighted by Gasteiger charge is -2.35. The van der Waals surface area contributed by atoms with Crippen LogP contribution in [-0.2, 0) is 24.1 Å². The molecule has 0 bridgehead atoms. The number of hydrogen-bond acceptors (Lipinski definition) is 3. The predicted octanol–water partition coefficient (Wildman–Crippen LogP) is 1.80. The summed E-state index contributed by atoms with van der Waals surface area (Å²) in [6, 6.07) is 2.19. The summed E-state index contributed by atoms with van der Waals surface area (Å²) < 4.78 is 7.49. The van der Waals surface area contributed by atoms with Crippen LogP contribution in [0.15, 0.2) is 6.07 Å². The first-order valence-corrected chi connectivity index (χ1v) is 6.97. The molecule has 0 aromatic carbocycles. The second-order valence-corrected chi connectivity index (χ2v) is 5.24. The first-order valence-electron chi connectivity index (χ1n) is 6.97. The Bertz CT molecular complexity index is 381. The van der Waals surface area contributed by atoms with Crippen LogP contribution in [0.3, 0.4) is 0 Å². The average Bonchev–Trinajstić information content (AvgIpc) is 2.82. The molecule has 0 unspecified atom stereocenters. The fourth-order valence-corrected chi connectivity index (χ4v) is 2.68. The summed E-state index contributed by atoms with van der Waals surface area (Å²) in [7, 11) is 0. The van der Waals surface area contributed by atoms with Gasteiger partial charge in [-0.15, -0.1) is 0 Å². The van der Waals surface area contributed by atoms with Gasteiger partial charge in [0.25, 0.3) is 0 Å². The molecular formula is C14H24N2O2. The lowest BCUT2D eigenvalue weighted by atomic mass is 9.77. The van der Waals surface area contributed by atoms with E-state index in [1.165, 1.54) is 5.69 Å². The molecule has 0 radical (unpaired) electrons. The Morgan fingerprint density at radius 1 is 1.39 bits per heavy atom. The highest BCUT2D eigenvalue weighted by molar-refractivity contribution is 5.13. The van der Waals surface area contributed by atoms with Crippen LogP contribution in [0.5, 0.6) is 0 Å². The number of aliphatic hydroxyl groups excluding tert-OH is 1. The molecule has 4 heteroatoms. The molecule has 0 atom stereocenters. The third kappa shape index (κ3) is 2.75. The Morgan fingerprint density at radius 2 is 2.11 bits per heavy atom. The van der Waals surface area contributed by atoms with Gasteiger partial charge in [-0.25, -0.2) is 0 Å². The summed E-state index contributed by atoms with van der Waals surface area (Å²) in [5, 5.41) is 14.3. The molecule has 1 aliphatic heterocycles. The van der Waals surface area contributed by atoms with E-state index in [9.17, 15) is 5.11 Å². The predicted molar refractivity (Wildman–Crippen MR) is 70.6 cm³/mol. The van der Waals surface area contributed by atoms with Gasteiger partial charge in [-0.3, -0.25) is 4.68 Å². The first-order chi connectivity index (χ1) is 8.73. The number of hydrogen-bond donors (Lipinski definition) is 1. The minimum Gasteiger partial charge on any atom is -0.396 e. The Kier molecular flexibility index (Phi) is 4.40. The van der Waals surface area contributed by atoms with Gasteiger partial charge in [0, 0.05) is 37.5 Å². The van der Waals surface area contributed by atoms with E-state index in [0.717, 1.165) is 51.1 Å². The molecule has 4 nitrogen and oxygen atoms in total. The van der Waals surface area contributed by atoms with Crippen molar-refractivity contribution in [1.29, 1.82) is 0 Å². The summed E-state index contributed by atoms with van der Waals surface area (Å²) in [5.41, 5.74) is 2.40. The van der Waals surface area contributed by atoms with E-state index in [1.807, 2.05) is 0 Å². The van der Waals surface area contributed by atoms with Gasteiger partial charge in [0.2, 0.25) is 0 Å². The van der Waals surface area contributed by atoms with Crippen molar-refractivity contribution in [3.8, 4) is 0 Å². The zero-order valence-electron chi connectivity index (χ0n) is 11.5. The monoisotopic (exact) mass is 252 g/mol. The van der Waals surface area contributed by atoms with Gasteiger partial charge in [-0.1, -0.05) is 6.92 Å². The Balaban J connectivity index is 2.17. The van der Waals surface area contributed by atoms with Gasteiger partial charge < -0.3 is 9.84 Å². The number of aliphatic hydroxyl groups is 1. The van der Waals surface area contributed by atoms with Gasteiger partial charge in [0.1, 0.15) is 0 Å². The molecular weight excluding hydrogens is 228 g/mol. The second-order valence-electron chi connectivity index (χ2n) is 5.24. The van der Waals surface area contributed by atoms with Crippen LogP contribution in [0.1, 0.15) is 38.1 Å². The Morgan fingerprint density at radius 3 is 2.67 bits per heavy atom. The minimum absolute atomic E-state index is 0.00376. The third-order valence-corrected chi connectivity index (χ3v) is 4.02. The normalized spacial score (nSPS) is 19.1. The van der Waals surface area contributed by atoms with E-state index in [4.69, 9.17) is 4.74 Å². The second kappa shape index (κ2) is 5.85. The quantitative estimate of drug-likeness (QED) is 0.869. The zero-order valence-corrected chi connectivity index (χ0v) is 11.5. The van der Waals surface area contributed by atoms with Crippen LogP contribution in [0.4, 0.5) is 0 Å². The third-order valence-electron chi connectivity index (χ3n) is 4.02. The van der Waals surface area contributed by atoms with Crippen LogP contribution in [0.2, 0.25) is 0 Å². The van der Waals surface area contributed by atoms with Crippen molar-refractivity contribution in [1.82, 2.24) is 9.78 Å². The molecule has 102 valence electrons. The molecule has 1 aromatic rings. The Hall–Kier alpha value is -0.870. The fraction of sp³-hybridized carbons (Fsp3) is 0.786. The van der Waals surface area contributed by atoms with Gasteiger partial charge in [-0.2, -0.15) is 5.10 Å². The molecule has 0 amide bonds. The summed E-state index contributed by atoms with van der Waals surface area (Å²) in [5.74, 6) is 0. The number of rotatable bonds is 5. The maximum Gasteiger partial charge on any atom is 0.0624 e. The highest BCUT2D eigenvalue weighted by atomic mass is 16.5. The van der Waals surface area contributed by atoms with E-state index in [-0.39, 0.29) is 12.0 Å². The van der Waals surface area contributed by atoms with E-state index in [2.05, 4.69) is 29.7 Å². The zero-order chi connectivity index (χ0) is 13.0. The highest BCUT2D eigenvalue weighted by Crippen LogP contribution is 2.34. The largest absolute Gasteiger partial charge is 0.396 e. The maximum absolute atomic E-state index is 9.75. The van der Waals surface area contributed by atoms with Gasteiger partial charge >= 0.3 is 0 Å². The maximum atomic E-state index is 9.75. The topological polar surface area (TPSA) is 47.3 Å². The number of ether oxygens (including phenoxy) is 1. The summed E-state index contributed by atoms with van der Waals surface area (Å²) >= 11 is 0. The SMILES string of the molecule is CCc1cc(CC2(CO)CCOCC2)n(CC)n1. The highest BCUT2D eigenvalue weighted by Gasteiger charge is 2.33. The molecule has 1 fully saturated rings. The fourth-order valence-electron chi connectivity index (χ4n) is 2.68. The van der Waals surface area contributed by atoms with Crippen molar-refractivity contribution in [2.45, 2.75) is 46.1 Å². The van der Waals surface area contributed by atoms with Crippen LogP contribution < -0.4 is 0 Å². The van der Waals surface area contributed by atoms with Crippen molar-refractivity contribution in [3.63, 3.8) is 0 Å². The van der Waals surface area contributed by atoms with Crippen molar-refractivity contribution in [2.75, 3.05) is 19.8 Å². The van der Waals surface area contributed by atoms with E-state index in [0.29, 0.717) is 0 Å². The summed E-state index contributed by atoms with van der Waals surface area (Å²) in [6.45, 7) is 6.91. The smallest absolute Gasteiger partial charge is 0.0624 e. The average molecular weight is 252 g/mol. The van der Waals surface area contributed by atoms with Crippen LogP contribution in [0, 0.1) is 5.41 Å². The van der Waals surface area contributed by atoms with Crippen molar-refractivity contribution in [3.05, 3.63) is 17.5 Å². The first kappa shape index (κ1) is 13.6. The van der Waals surface area contributed by atoms with Crippen LogP contribution >= 0.6 is 0 Å². The molecule has 2 rings (SSSR count). The number of nitrogens with zero attached hydrogens (tertiary/aromatic N) is 2.